The number of halogens is 1. The third-order valence-electron chi connectivity index (χ3n) is 6.92. The quantitative estimate of drug-likeness (QED) is 0.476. The Morgan fingerprint density at radius 3 is 2.74 bits per heavy atom. The first kappa shape index (κ1) is 24.1. The number of nitrogens with one attached hydrogen (secondary N) is 2. The zero-order valence-electron chi connectivity index (χ0n) is 20.2. The van der Waals surface area contributed by atoms with Crippen LogP contribution in [0.5, 0.6) is 0 Å². The lowest BCUT2D eigenvalue weighted by atomic mass is 9.92. The minimum Gasteiger partial charge on any atom is -0.450 e. The van der Waals surface area contributed by atoms with Gasteiger partial charge in [-0.25, -0.2) is 4.79 Å². The van der Waals surface area contributed by atoms with Crippen molar-refractivity contribution in [2.24, 2.45) is 0 Å². The Morgan fingerprint density at radius 1 is 1.17 bits per heavy atom. The van der Waals surface area contributed by atoms with E-state index in [9.17, 15) is 4.79 Å². The molecule has 0 spiro atoms. The highest BCUT2D eigenvalue weighted by atomic mass is 35.5. The molecule has 2 aromatic carbocycles. The highest BCUT2D eigenvalue weighted by molar-refractivity contribution is 6.31. The third kappa shape index (κ3) is 5.33. The van der Waals surface area contributed by atoms with E-state index in [0.717, 1.165) is 74.5 Å². The van der Waals surface area contributed by atoms with E-state index in [2.05, 4.69) is 39.5 Å². The van der Waals surface area contributed by atoms with E-state index in [1.54, 1.807) is 0 Å². The Hall–Kier alpha value is -2.58. The van der Waals surface area contributed by atoms with Crippen molar-refractivity contribution in [2.45, 2.75) is 25.9 Å². The summed E-state index contributed by atoms with van der Waals surface area (Å²) in [6.07, 6.45) is 0.476. The molecule has 0 saturated carbocycles. The molecule has 1 fully saturated rings. The average Bonchev–Trinajstić information content (AvgIpc) is 3.25. The van der Waals surface area contributed by atoms with E-state index < -0.39 is 0 Å². The van der Waals surface area contributed by atoms with E-state index in [-0.39, 0.29) is 12.1 Å². The number of amides is 1. The van der Waals surface area contributed by atoms with Gasteiger partial charge in [0.2, 0.25) is 0 Å². The minimum absolute atomic E-state index is 0.229. The molecule has 35 heavy (non-hydrogen) atoms. The largest absolute Gasteiger partial charge is 0.450 e. The summed E-state index contributed by atoms with van der Waals surface area (Å²) in [6.45, 7) is 9.27. The fourth-order valence-corrected chi connectivity index (χ4v) is 5.29. The fourth-order valence-electron chi connectivity index (χ4n) is 5.12. The van der Waals surface area contributed by atoms with Gasteiger partial charge in [-0.05, 0) is 48.2 Å². The standard InChI is InChI=1S/C27H33ClN4O3/c1-2-35-27(33)32-11-9-22-23-17-21(28)7-8-24(23)30-25(22)26(32)20-5-3-19(4-6-20)18-29-10-12-31-13-15-34-16-14-31/h3-8,17,26,29-30H,2,9-16,18H2,1H3. The van der Waals surface area contributed by atoms with Crippen LogP contribution < -0.4 is 5.32 Å². The summed E-state index contributed by atoms with van der Waals surface area (Å²) in [5.74, 6) is 0. The van der Waals surface area contributed by atoms with Crippen LogP contribution in [0.15, 0.2) is 42.5 Å². The Kier molecular flexibility index (Phi) is 7.58. The Morgan fingerprint density at radius 2 is 1.97 bits per heavy atom. The van der Waals surface area contributed by atoms with Crippen LogP contribution in [-0.4, -0.2) is 73.4 Å². The predicted octanol–water partition coefficient (Wildman–Crippen LogP) is 4.35. The second kappa shape index (κ2) is 11.0. The number of carbonyl (C=O) groups is 1. The van der Waals surface area contributed by atoms with Gasteiger partial charge in [0, 0.05) is 60.9 Å². The molecular formula is C27H33ClN4O3. The lowest BCUT2D eigenvalue weighted by Gasteiger charge is -2.35. The number of fused-ring (bicyclic) bond motifs is 3. The molecule has 1 aromatic heterocycles. The molecule has 7 nitrogen and oxygen atoms in total. The van der Waals surface area contributed by atoms with Crippen LogP contribution in [0.4, 0.5) is 4.79 Å². The predicted molar refractivity (Wildman–Crippen MR) is 138 cm³/mol. The number of rotatable bonds is 7. The molecule has 2 aliphatic heterocycles. The van der Waals surface area contributed by atoms with E-state index in [0.29, 0.717) is 18.2 Å². The van der Waals surface area contributed by atoms with Crippen LogP contribution >= 0.6 is 11.6 Å². The normalized spacial score (nSPS) is 18.6. The maximum atomic E-state index is 12.9. The number of hydrogen-bond donors (Lipinski definition) is 2. The van der Waals surface area contributed by atoms with Gasteiger partial charge >= 0.3 is 6.09 Å². The van der Waals surface area contributed by atoms with Crippen molar-refractivity contribution in [3.63, 3.8) is 0 Å². The lowest BCUT2D eigenvalue weighted by Crippen LogP contribution is -2.41. The maximum absolute atomic E-state index is 12.9. The summed E-state index contributed by atoms with van der Waals surface area (Å²) < 4.78 is 10.8. The first-order valence-electron chi connectivity index (χ1n) is 12.5. The molecule has 3 heterocycles. The van der Waals surface area contributed by atoms with Gasteiger partial charge in [0.15, 0.2) is 0 Å². The van der Waals surface area contributed by atoms with Crippen molar-refractivity contribution >= 4 is 28.6 Å². The van der Waals surface area contributed by atoms with Gasteiger partial charge in [-0.2, -0.15) is 0 Å². The fraction of sp³-hybridized carbons (Fsp3) is 0.444. The summed E-state index contributed by atoms with van der Waals surface area (Å²) >= 11 is 6.29. The molecule has 5 rings (SSSR count). The first-order valence-corrected chi connectivity index (χ1v) is 12.8. The van der Waals surface area contributed by atoms with Crippen LogP contribution in [0.3, 0.4) is 0 Å². The van der Waals surface area contributed by atoms with E-state index >= 15 is 0 Å². The molecule has 1 unspecified atom stereocenters. The summed E-state index contributed by atoms with van der Waals surface area (Å²) in [6, 6.07) is 14.2. The molecule has 3 aromatic rings. The number of ether oxygens (including phenoxy) is 2. The Balaban J connectivity index is 1.34. The van der Waals surface area contributed by atoms with E-state index in [4.69, 9.17) is 21.1 Å². The van der Waals surface area contributed by atoms with Crippen molar-refractivity contribution in [3.05, 3.63) is 69.9 Å². The molecule has 0 bridgehead atoms. The second-order valence-electron chi connectivity index (χ2n) is 9.12. The molecular weight excluding hydrogens is 464 g/mol. The van der Waals surface area contributed by atoms with E-state index in [1.807, 2.05) is 30.0 Å². The van der Waals surface area contributed by atoms with Crippen molar-refractivity contribution in [1.82, 2.24) is 20.1 Å². The number of benzene rings is 2. The molecule has 1 saturated heterocycles. The number of carbonyl (C=O) groups excluding carboxylic acids is 1. The second-order valence-corrected chi connectivity index (χ2v) is 9.56. The molecule has 0 radical (unpaired) electrons. The third-order valence-corrected chi connectivity index (χ3v) is 7.16. The average molecular weight is 497 g/mol. The summed E-state index contributed by atoms with van der Waals surface area (Å²) in [5, 5.41) is 5.39. The van der Waals surface area contributed by atoms with Gasteiger partial charge in [-0.15, -0.1) is 0 Å². The lowest BCUT2D eigenvalue weighted by molar-refractivity contribution is 0.0384. The van der Waals surface area contributed by atoms with Crippen LogP contribution in [-0.2, 0) is 22.4 Å². The number of aromatic amines is 1. The first-order chi connectivity index (χ1) is 17.1. The Bertz CT molecular complexity index is 1160. The van der Waals surface area contributed by atoms with Gasteiger partial charge in [-0.1, -0.05) is 35.9 Å². The van der Waals surface area contributed by atoms with E-state index in [1.165, 1.54) is 11.1 Å². The zero-order chi connectivity index (χ0) is 24.2. The van der Waals surface area contributed by atoms with Crippen molar-refractivity contribution < 1.29 is 14.3 Å². The number of morpholine rings is 1. The van der Waals surface area contributed by atoms with Crippen molar-refractivity contribution in [2.75, 3.05) is 52.5 Å². The van der Waals surface area contributed by atoms with Crippen molar-refractivity contribution in [3.8, 4) is 0 Å². The Labute approximate surface area is 211 Å². The maximum Gasteiger partial charge on any atom is 0.410 e. The van der Waals surface area contributed by atoms with Crippen molar-refractivity contribution in [1.29, 1.82) is 0 Å². The number of hydrogen-bond acceptors (Lipinski definition) is 5. The summed E-state index contributed by atoms with van der Waals surface area (Å²) in [4.78, 5) is 20.7. The topological polar surface area (TPSA) is 69.8 Å². The van der Waals surface area contributed by atoms with Crippen LogP contribution in [0.1, 0.15) is 35.3 Å². The monoisotopic (exact) mass is 496 g/mol. The number of nitrogens with zero attached hydrogens (tertiary/aromatic N) is 2. The van der Waals surface area contributed by atoms with Gasteiger partial charge in [0.25, 0.3) is 0 Å². The molecule has 0 aliphatic carbocycles. The van der Waals surface area contributed by atoms with Gasteiger partial charge in [0.1, 0.15) is 6.04 Å². The zero-order valence-corrected chi connectivity index (χ0v) is 20.9. The highest BCUT2D eigenvalue weighted by Gasteiger charge is 2.35. The number of H-pyrrole nitrogens is 1. The number of aromatic nitrogens is 1. The molecule has 2 aliphatic rings. The molecule has 8 heteroatoms. The van der Waals surface area contributed by atoms with Gasteiger partial charge in [0.05, 0.1) is 19.8 Å². The SMILES string of the molecule is CCOC(=O)N1CCc2c([nH]c3ccc(Cl)cc23)C1c1ccc(CNCCN2CCOCC2)cc1. The molecule has 1 amide bonds. The van der Waals surface area contributed by atoms with Gasteiger partial charge < -0.3 is 19.8 Å². The van der Waals surface area contributed by atoms with Crippen LogP contribution in [0, 0.1) is 0 Å². The minimum atomic E-state index is -0.284. The summed E-state index contributed by atoms with van der Waals surface area (Å²) in [7, 11) is 0. The van der Waals surface area contributed by atoms with Crippen LogP contribution in [0.2, 0.25) is 5.02 Å². The van der Waals surface area contributed by atoms with Crippen LogP contribution in [0.25, 0.3) is 10.9 Å². The molecule has 1 atom stereocenters. The van der Waals surface area contributed by atoms with Gasteiger partial charge in [-0.3, -0.25) is 9.80 Å². The molecule has 186 valence electrons. The smallest absolute Gasteiger partial charge is 0.410 e. The molecule has 2 N–H and O–H groups in total. The highest BCUT2D eigenvalue weighted by Crippen LogP contribution is 2.39. The summed E-state index contributed by atoms with van der Waals surface area (Å²) in [5.41, 5.74) is 5.59.